The number of aromatic hydroxyl groups is 1. The molecule has 2 N–H and O–H groups in total. The molecule has 0 spiro atoms. The molecule has 0 bridgehead atoms. The van der Waals surface area contributed by atoms with E-state index in [1.807, 2.05) is 20.1 Å². The summed E-state index contributed by atoms with van der Waals surface area (Å²) < 4.78 is 6.31. The summed E-state index contributed by atoms with van der Waals surface area (Å²) in [6, 6.07) is -0.719. The fourth-order valence-corrected chi connectivity index (χ4v) is 2.72. The van der Waals surface area contributed by atoms with Gasteiger partial charge in [0.05, 0.1) is 7.11 Å². The molecule has 0 amide bonds. The lowest BCUT2D eigenvalue weighted by Crippen LogP contribution is -2.23. The number of hydrogen-bond acceptors (Lipinski definition) is 7. The van der Waals surface area contributed by atoms with Crippen molar-refractivity contribution in [2.24, 2.45) is 10.9 Å². The largest absolute Gasteiger partial charge is 0.494 e. The number of esters is 1. The first-order valence-corrected chi connectivity index (χ1v) is 9.28. The summed E-state index contributed by atoms with van der Waals surface area (Å²) in [5, 5.41) is 10.3. The Kier molecular flexibility index (Phi) is 8.20. The number of H-pyrrole nitrogens is 1. The molecule has 9 heteroatoms. The molecule has 0 aromatic carbocycles. The van der Waals surface area contributed by atoms with Gasteiger partial charge in [0, 0.05) is 12.8 Å². The molecule has 1 rings (SSSR count). The predicted molar refractivity (Wildman–Crippen MR) is 98.8 cm³/mol. The van der Waals surface area contributed by atoms with Crippen LogP contribution in [0.4, 0.5) is 0 Å². The zero-order valence-corrected chi connectivity index (χ0v) is 15.9. The number of hydrogen-bond donors (Lipinski definition) is 2. The molecule has 1 unspecified atom stereocenters. The third-order valence-corrected chi connectivity index (χ3v) is 4.17. The van der Waals surface area contributed by atoms with E-state index in [9.17, 15) is 14.7 Å². The second-order valence-corrected chi connectivity index (χ2v) is 6.97. The Morgan fingerprint density at radius 2 is 2.21 bits per heavy atom. The van der Waals surface area contributed by atoms with Crippen molar-refractivity contribution < 1.29 is 14.6 Å². The number of rotatable bonds is 8. The van der Waals surface area contributed by atoms with Crippen molar-refractivity contribution in [3.8, 4) is 5.88 Å². The lowest BCUT2D eigenvalue weighted by atomic mass is 10.2. The molecule has 134 valence electrons. The van der Waals surface area contributed by atoms with Crippen molar-refractivity contribution in [3.63, 3.8) is 0 Å². The van der Waals surface area contributed by atoms with Crippen molar-refractivity contribution in [1.82, 2.24) is 9.55 Å². The van der Waals surface area contributed by atoms with E-state index in [1.54, 1.807) is 11.8 Å². The Labute approximate surface area is 150 Å². The van der Waals surface area contributed by atoms with Crippen LogP contribution in [0, 0.1) is 10.7 Å². The van der Waals surface area contributed by atoms with Crippen LogP contribution in [0.25, 0.3) is 0 Å². The Morgan fingerprint density at radius 1 is 1.54 bits per heavy atom. The fraction of sp³-hybridized carbons (Fsp3) is 0.600. The number of aromatic amines is 1. The average Bonchev–Trinajstić information content (AvgIpc) is 2.53. The van der Waals surface area contributed by atoms with Crippen LogP contribution in [0.3, 0.4) is 0 Å². The van der Waals surface area contributed by atoms with Crippen LogP contribution in [0.15, 0.2) is 9.79 Å². The second kappa shape index (κ2) is 9.63. The van der Waals surface area contributed by atoms with Crippen molar-refractivity contribution in [2.45, 2.75) is 32.9 Å². The number of ether oxygens (including phenoxy) is 1. The minimum Gasteiger partial charge on any atom is -0.494 e. The summed E-state index contributed by atoms with van der Waals surface area (Å²) in [7, 11) is 1.29. The van der Waals surface area contributed by atoms with Gasteiger partial charge in [0.2, 0.25) is 5.88 Å². The predicted octanol–water partition coefficient (Wildman–Crippen LogP) is 1.98. The molecule has 0 saturated carbocycles. The third-order valence-electron chi connectivity index (χ3n) is 3.21. The van der Waals surface area contributed by atoms with Crippen molar-refractivity contribution in [2.75, 3.05) is 19.1 Å². The van der Waals surface area contributed by atoms with E-state index in [0.717, 1.165) is 5.75 Å². The number of aromatic nitrogens is 2. The van der Waals surface area contributed by atoms with Gasteiger partial charge in [-0.1, -0.05) is 13.8 Å². The SMILES string of the molecule is COC(=O)C(CCSC)N=Cc1c(O)n(CC(C)C)c(=S)[nH]c1=O. The summed E-state index contributed by atoms with van der Waals surface area (Å²) in [6.07, 6.45) is 3.61. The van der Waals surface area contributed by atoms with E-state index in [-0.39, 0.29) is 22.1 Å². The Bertz CT molecular complexity index is 710. The minimum atomic E-state index is -0.719. The maximum Gasteiger partial charge on any atom is 0.330 e. The van der Waals surface area contributed by atoms with Crippen molar-refractivity contribution in [3.05, 3.63) is 20.7 Å². The maximum absolute atomic E-state index is 12.1. The standard InChI is InChI=1S/C15H23N3O4S2/c1-9(2)8-18-13(20)10(12(19)17-15(18)23)7-16-11(5-6-24-4)14(21)22-3/h7,9,11,20H,5-6,8H2,1-4H3,(H,17,19,23). The van der Waals surface area contributed by atoms with E-state index in [2.05, 4.69) is 9.98 Å². The lowest BCUT2D eigenvalue weighted by molar-refractivity contribution is -0.142. The molecule has 0 saturated heterocycles. The van der Waals surface area contributed by atoms with Crippen LogP contribution < -0.4 is 5.56 Å². The summed E-state index contributed by atoms with van der Waals surface area (Å²) in [5.41, 5.74) is -0.572. The first-order chi connectivity index (χ1) is 11.3. The summed E-state index contributed by atoms with van der Waals surface area (Å²) in [6.45, 7) is 4.39. The number of nitrogens with one attached hydrogen (secondary N) is 1. The summed E-state index contributed by atoms with van der Waals surface area (Å²) in [5.74, 6) is 0.210. The van der Waals surface area contributed by atoms with Gasteiger partial charge in [-0.25, -0.2) is 4.79 Å². The molecule has 1 atom stereocenters. The van der Waals surface area contributed by atoms with Gasteiger partial charge in [-0.05, 0) is 36.6 Å². The molecular weight excluding hydrogens is 350 g/mol. The molecule has 0 radical (unpaired) electrons. The highest BCUT2D eigenvalue weighted by atomic mass is 32.2. The molecule has 1 aromatic rings. The first-order valence-electron chi connectivity index (χ1n) is 7.47. The minimum absolute atomic E-state index is 0.0256. The van der Waals surface area contributed by atoms with Crippen molar-refractivity contribution >= 4 is 36.2 Å². The number of methoxy groups -OCH3 is 1. The van der Waals surface area contributed by atoms with Crippen LogP contribution >= 0.6 is 24.0 Å². The molecule has 1 heterocycles. The molecule has 7 nitrogen and oxygen atoms in total. The van der Waals surface area contributed by atoms with Crippen LogP contribution in [0.5, 0.6) is 5.88 Å². The van der Waals surface area contributed by atoms with Crippen LogP contribution in [-0.2, 0) is 16.1 Å². The summed E-state index contributed by atoms with van der Waals surface area (Å²) in [4.78, 5) is 30.5. The van der Waals surface area contributed by atoms with Crippen molar-refractivity contribution in [1.29, 1.82) is 0 Å². The van der Waals surface area contributed by atoms with Gasteiger partial charge in [0.1, 0.15) is 11.6 Å². The maximum atomic E-state index is 12.1. The fourth-order valence-electron chi connectivity index (χ4n) is 2.01. The molecule has 0 aliphatic carbocycles. The van der Waals surface area contributed by atoms with Gasteiger partial charge >= 0.3 is 5.97 Å². The number of carbonyl (C=O) groups is 1. The van der Waals surface area contributed by atoms with E-state index in [1.165, 1.54) is 17.9 Å². The van der Waals surface area contributed by atoms with Gasteiger partial charge in [-0.15, -0.1) is 0 Å². The number of thioether (sulfide) groups is 1. The average molecular weight is 374 g/mol. The zero-order chi connectivity index (χ0) is 18.3. The van der Waals surface area contributed by atoms with E-state index < -0.39 is 17.6 Å². The quantitative estimate of drug-likeness (QED) is 0.411. The molecule has 1 aromatic heterocycles. The van der Waals surface area contributed by atoms with Gasteiger partial charge in [0.25, 0.3) is 5.56 Å². The van der Waals surface area contributed by atoms with Gasteiger partial charge in [0.15, 0.2) is 4.77 Å². The second-order valence-electron chi connectivity index (χ2n) is 5.60. The Hall–Kier alpha value is -1.61. The first kappa shape index (κ1) is 20.4. The highest BCUT2D eigenvalue weighted by Gasteiger charge is 2.18. The van der Waals surface area contributed by atoms with E-state index in [0.29, 0.717) is 13.0 Å². The van der Waals surface area contributed by atoms with Crippen LogP contribution in [0.2, 0.25) is 0 Å². The van der Waals surface area contributed by atoms with Gasteiger partial charge in [-0.2, -0.15) is 11.8 Å². The number of nitrogens with zero attached hydrogens (tertiary/aromatic N) is 2. The van der Waals surface area contributed by atoms with E-state index >= 15 is 0 Å². The molecule has 0 aliphatic heterocycles. The van der Waals surface area contributed by atoms with E-state index in [4.69, 9.17) is 17.0 Å². The number of carbonyl (C=O) groups excluding carboxylic acids is 1. The Morgan fingerprint density at radius 3 is 2.75 bits per heavy atom. The van der Waals surface area contributed by atoms with Gasteiger partial charge < -0.3 is 9.84 Å². The molecule has 0 aliphatic rings. The highest BCUT2D eigenvalue weighted by molar-refractivity contribution is 7.98. The monoisotopic (exact) mass is 373 g/mol. The smallest absolute Gasteiger partial charge is 0.330 e. The van der Waals surface area contributed by atoms with Gasteiger partial charge in [-0.3, -0.25) is 19.3 Å². The zero-order valence-electron chi connectivity index (χ0n) is 14.2. The highest BCUT2D eigenvalue weighted by Crippen LogP contribution is 2.14. The topological polar surface area (TPSA) is 96.7 Å². The molecule has 0 fully saturated rings. The third kappa shape index (κ3) is 5.48. The van der Waals surface area contributed by atoms with Crippen LogP contribution in [-0.4, -0.2) is 52.0 Å². The molecule has 24 heavy (non-hydrogen) atoms. The Balaban J connectivity index is 3.22. The van der Waals surface area contributed by atoms with Crippen LogP contribution in [0.1, 0.15) is 25.8 Å². The normalized spacial score (nSPS) is 12.7. The lowest BCUT2D eigenvalue weighted by Gasteiger charge is -2.13. The molecular formula is C15H23N3O4S2. The number of aliphatic imine (C=N–C) groups is 1. The summed E-state index contributed by atoms with van der Waals surface area (Å²) >= 11 is 6.66.